The molecule has 0 aromatic carbocycles. The Bertz CT molecular complexity index is 559. The minimum Gasteiger partial charge on any atom is -0.388 e. The lowest BCUT2D eigenvalue weighted by Gasteiger charge is -2.46. The summed E-state index contributed by atoms with van der Waals surface area (Å²) in [6.45, 7) is 6.58. The Morgan fingerprint density at radius 1 is 0.586 bits per heavy atom. The van der Waals surface area contributed by atoms with E-state index in [9.17, 15) is 25.5 Å². The van der Waals surface area contributed by atoms with E-state index in [1.54, 1.807) is 27.7 Å². The van der Waals surface area contributed by atoms with Crippen molar-refractivity contribution < 1.29 is 49.2 Å². The largest absolute Gasteiger partial charge is 0.388 e. The van der Waals surface area contributed by atoms with Gasteiger partial charge in [0, 0.05) is 0 Å². The predicted octanol–water partition coefficient (Wildman–Crippen LogP) is -1.59. The van der Waals surface area contributed by atoms with Gasteiger partial charge in [0.25, 0.3) is 0 Å². The molecule has 7 unspecified atom stereocenters. The molecule has 0 aromatic heterocycles. The first-order valence-electron chi connectivity index (χ1n) is 9.96. The maximum absolute atomic E-state index is 10.7. The van der Waals surface area contributed by atoms with Crippen molar-refractivity contribution in [2.24, 2.45) is 0 Å². The fourth-order valence-electron chi connectivity index (χ4n) is 3.75. The molecule has 5 N–H and O–H groups in total. The van der Waals surface area contributed by atoms with Gasteiger partial charge in [-0.15, -0.1) is 0 Å². The van der Waals surface area contributed by atoms with Gasteiger partial charge in [0.15, 0.2) is 12.6 Å². The molecule has 3 heterocycles. The van der Waals surface area contributed by atoms with E-state index < -0.39 is 79.7 Å². The third-order valence-corrected chi connectivity index (χ3v) is 5.72. The van der Waals surface area contributed by atoms with Crippen LogP contribution in [0.4, 0.5) is 0 Å². The Labute approximate surface area is 169 Å². The molecule has 3 rings (SSSR count). The zero-order valence-electron chi connectivity index (χ0n) is 16.9. The number of hydrogen-bond acceptors (Lipinski definition) is 10. The van der Waals surface area contributed by atoms with Crippen molar-refractivity contribution in [3.8, 4) is 0 Å². The summed E-state index contributed by atoms with van der Waals surface area (Å²) >= 11 is 0. The molecule has 13 atom stereocenters. The summed E-state index contributed by atoms with van der Waals surface area (Å²) in [5.41, 5.74) is 0. The molecule has 0 saturated carbocycles. The van der Waals surface area contributed by atoms with Crippen LogP contribution in [0, 0.1) is 0 Å². The van der Waals surface area contributed by atoms with Crippen LogP contribution in [0.1, 0.15) is 27.7 Å². The second-order valence-electron chi connectivity index (χ2n) is 8.00. The Morgan fingerprint density at radius 2 is 1.10 bits per heavy atom. The monoisotopic (exact) mass is 420 g/mol. The summed E-state index contributed by atoms with van der Waals surface area (Å²) in [5, 5.41) is 51.6. The van der Waals surface area contributed by atoms with Gasteiger partial charge in [0.05, 0.1) is 30.5 Å². The van der Waals surface area contributed by atoms with Crippen molar-refractivity contribution in [2.45, 2.75) is 107 Å². The molecule has 2 saturated heterocycles. The predicted molar refractivity (Wildman–Crippen MR) is 97.6 cm³/mol. The second-order valence-corrected chi connectivity index (χ2v) is 8.00. The first-order valence-corrected chi connectivity index (χ1v) is 9.96. The summed E-state index contributed by atoms with van der Waals surface area (Å²) in [5.74, 6) is 0. The lowest BCUT2D eigenvalue weighted by atomic mass is 9.95. The molecular formula is C19H32O10. The molecule has 0 bridgehead atoms. The Morgan fingerprint density at radius 3 is 1.66 bits per heavy atom. The molecule has 0 aliphatic carbocycles. The molecule has 10 heteroatoms. The Hall–Kier alpha value is -0.660. The molecule has 168 valence electrons. The van der Waals surface area contributed by atoms with Crippen molar-refractivity contribution in [1.82, 2.24) is 0 Å². The maximum atomic E-state index is 10.7. The van der Waals surface area contributed by atoms with Gasteiger partial charge in [-0.25, -0.2) is 0 Å². The molecule has 0 aromatic rings. The van der Waals surface area contributed by atoms with Crippen molar-refractivity contribution in [1.29, 1.82) is 0 Å². The van der Waals surface area contributed by atoms with Crippen LogP contribution in [-0.4, -0.2) is 105 Å². The zero-order chi connectivity index (χ0) is 21.5. The van der Waals surface area contributed by atoms with E-state index in [0.717, 1.165) is 0 Å². The van der Waals surface area contributed by atoms with Crippen LogP contribution in [0.2, 0.25) is 0 Å². The normalized spacial score (nSPS) is 53.8. The highest BCUT2D eigenvalue weighted by Crippen LogP contribution is 2.31. The van der Waals surface area contributed by atoms with Gasteiger partial charge in [-0.3, -0.25) is 0 Å². The lowest BCUT2D eigenvalue weighted by Crippen LogP contribution is -2.63. The van der Waals surface area contributed by atoms with Gasteiger partial charge in [0.2, 0.25) is 0 Å². The fraction of sp³-hybridized carbons (Fsp3) is 0.895. The van der Waals surface area contributed by atoms with Crippen LogP contribution in [0.15, 0.2) is 12.2 Å². The molecule has 2 fully saturated rings. The van der Waals surface area contributed by atoms with Gasteiger partial charge in [-0.05, 0) is 33.8 Å². The maximum Gasteiger partial charge on any atom is 0.187 e. The Balaban J connectivity index is 1.71. The van der Waals surface area contributed by atoms with E-state index in [1.807, 2.05) is 0 Å². The average Bonchev–Trinajstić information content (AvgIpc) is 2.67. The third-order valence-electron chi connectivity index (χ3n) is 5.72. The topological polar surface area (TPSA) is 147 Å². The van der Waals surface area contributed by atoms with Gasteiger partial charge in [0.1, 0.15) is 36.6 Å². The first kappa shape index (κ1) is 23.0. The smallest absolute Gasteiger partial charge is 0.187 e. The molecule has 0 spiro atoms. The quantitative estimate of drug-likeness (QED) is 0.337. The van der Waals surface area contributed by atoms with Crippen LogP contribution >= 0.6 is 0 Å². The highest BCUT2D eigenvalue weighted by molar-refractivity contribution is 5.00. The standard InChI is InChI=1S/C19H32O10/c1-7-11(20)5-6-12(26-7)28-18-15(23)10(4)27-19(16(18)24)29-17-13(21)8(2)25-9(3)14(17)22/h5-24H,1-4H3/t7?,8?,9?,10?,11-,12?,13-,14+,15+,16+,17?,18+,19?/m1/s1. The van der Waals surface area contributed by atoms with Gasteiger partial charge < -0.3 is 49.2 Å². The van der Waals surface area contributed by atoms with E-state index in [-0.39, 0.29) is 0 Å². The second kappa shape index (κ2) is 9.23. The van der Waals surface area contributed by atoms with Crippen LogP contribution in [0.25, 0.3) is 0 Å². The summed E-state index contributed by atoms with van der Waals surface area (Å²) in [7, 11) is 0. The van der Waals surface area contributed by atoms with Crippen molar-refractivity contribution in [2.75, 3.05) is 0 Å². The summed E-state index contributed by atoms with van der Waals surface area (Å²) in [6.07, 6.45) is -9.37. The van der Waals surface area contributed by atoms with Crippen molar-refractivity contribution in [3.63, 3.8) is 0 Å². The van der Waals surface area contributed by atoms with Crippen LogP contribution in [0.3, 0.4) is 0 Å². The van der Waals surface area contributed by atoms with Gasteiger partial charge >= 0.3 is 0 Å². The lowest BCUT2D eigenvalue weighted by molar-refractivity contribution is -0.348. The highest BCUT2D eigenvalue weighted by Gasteiger charge is 2.49. The molecular weight excluding hydrogens is 388 g/mol. The number of aliphatic hydroxyl groups excluding tert-OH is 5. The molecule has 3 aliphatic rings. The molecule has 29 heavy (non-hydrogen) atoms. The molecule has 0 amide bonds. The van der Waals surface area contributed by atoms with Crippen molar-refractivity contribution in [3.05, 3.63) is 12.2 Å². The van der Waals surface area contributed by atoms with E-state index in [1.165, 1.54) is 12.2 Å². The van der Waals surface area contributed by atoms with Crippen LogP contribution < -0.4 is 0 Å². The van der Waals surface area contributed by atoms with Gasteiger partial charge in [-0.2, -0.15) is 0 Å². The van der Waals surface area contributed by atoms with Crippen LogP contribution in [-0.2, 0) is 23.7 Å². The van der Waals surface area contributed by atoms with Gasteiger partial charge in [-0.1, -0.05) is 6.08 Å². The van der Waals surface area contributed by atoms with E-state index in [4.69, 9.17) is 23.7 Å². The average molecular weight is 420 g/mol. The SMILES string of the molecule is CC1OC(C)[C@H](O)C(OC2OC(C)[C@H](O)[C@H](OC3C=C[C@@H](O)C(C)O3)[C@@H]2O)[C@@H]1O. The zero-order valence-corrected chi connectivity index (χ0v) is 16.9. The highest BCUT2D eigenvalue weighted by atomic mass is 16.7. The third kappa shape index (κ3) is 4.82. The van der Waals surface area contributed by atoms with Crippen LogP contribution in [0.5, 0.6) is 0 Å². The first-order chi connectivity index (χ1) is 13.6. The number of ether oxygens (including phenoxy) is 5. The number of rotatable bonds is 4. The summed E-state index contributed by atoms with van der Waals surface area (Å²) in [4.78, 5) is 0. The molecule has 10 nitrogen and oxygen atoms in total. The van der Waals surface area contributed by atoms with E-state index in [0.29, 0.717) is 0 Å². The number of hydrogen-bond donors (Lipinski definition) is 5. The minimum atomic E-state index is -1.42. The molecule has 0 radical (unpaired) electrons. The molecule has 3 aliphatic heterocycles. The fourth-order valence-corrected chi connectivity index (χ4v) is 3.75. The number of aliphatic hydroxyl groups is 5. The summed E-state index contributed by atoms with van der Waals surface area (Å²) < 4.78 is 28.0. The Kier molecular flexibility index (Phi) is 7.32. The summed E-state index contributed by atoms with van der Waals surface area (Å²) in [6, 6.07) is 0. The van der Waals surface area contributed by atoms with E-state index >= 15 is 0 Å². The van der Waals surface area contributed by atoms with E-state index in [2.05, 4.69) is 0 Å². The van der Waals surface area contributed by atoms with Crippen molar-refractivity contribution >= 4 is 0 Å². The minimum absolute atomic E-state index is 0.515.